The third-order valence-electron chi connectivity index (χ3n) is 5.79. The smallest absolute Gasteiger partial charge is 0.323 e. The molecule has 6 nitrogen and oxygen atoms in total. The van der Waals surface area contributed by atoms with Crippen LogP contribution >= 0.6 is 0 Å². The summed E-state index contributed by atoms with van der Waals surface area (Å²) in [5.41, 5.74) is 0. The third-order valence-corrected chi connectivity index (χ3v) is 5.79. The molecular formula is C17H32N4O2. The van der Waals surface area contributed by atoms with E-state index in [9.17, 15) is 4.79 Å². The van der Waals surface area contributed by atoms with Gasteiger partial charge in [-0.2, -0.15) is 0 Å². The summed E-state index contributed by atoms with van der Waals surface area (Å²) in [4.78, 5) is 17.2. The molecule has 0 aromatic heterocycles. The van der Waals surface area contributed by atoms with E-state index in [1.165, 1.54) is 20.0 Å². The van der Waals surface area contributed by atoms with E-state index in [1.807, 2.05) is 0 Å². The number of likely N-dealkylation sites (tertiary alicyclic amines) is 1. The fourth-order valence-corrected chi connectivity index (χ4v) is 4.50. The van der Waals surface area contributed by atoms with Crippen LogP contribution in [0.15, 0.2) is 0 Å². The van der Waals surface area contributed by atoms with E-state index >= 15 is 0 Å². The zero-order valence-electron chi connectivity index (χ0n) is 14.8. The second kappa shape index (κ2) is 7.47. The summed E-state index contributed by atoms with van der Waals surface area (Å²) in [7, 11) is 1.51. The van der Waals surface area contributed by atoms with Gasteiger partial charge < -0.3 is 10.1 Å². The Balaban J connectivity index is 1.70. The zero-order chi connectivity index (χ0) is 16.4. The number of carbonyl (C=O) groups excluding carboxylic acids is 1. The van der Waals surface area contributed by atoms with E-state index < -0.39 is 0 Å². The molecule has 6 heteroatoms. The number of rotatable bonds is 4. The molecule has 132 valence electrons. The van der Waals surface area contributed by atoms with E-state index in [2.05, 4.69) is 34.3 Å². The Morgan fingerprint density at radius 2 is 2.22 bits per heavy atom. The Hall–Kier alpha value is -0.690. The molecule has 0 aromatic rings. The minimum Gasteiger partial charge on any atom is -0.468 e. The van der Waals surface area contributed by atoms with E-state index in [-0.39, 0.29) is 12.0 Å². The molecule has 0 amide bonds. The second-order valence-corrected chi connectivity index (χ2v) is 7.58. The van der Waals surface area contributed by atoms with Gasteiger partial charge in [-0.1, -0.05) is 0 Å². The molecule has 3 fully saturated rings. The van der Waals surface area contributed by atoms with Gasteiger partial charge in [-0.05, 0) is 52.1 Å². The predicted molar refractivity (Wildman–Crippen MR) is 90.1 cm³/mol. The third kappa shape index (κ3) is 3.71. The van der Waals surface area contributed by atoms with Crippen LogP contribution in [0, 0.1) is 5.92 Å². The van der Waals surface area contributed by atoms with Gasteiger partial charge in [0.05, 0.1) is 7.11 Å². The number of nitrogens with zero attached hydrogens (tertiary/aromatic N) is 2. The van der Waals surface area contributed by atoms with Crippen molar-refractivity contribution in [2.24, 2.45) is 5.92 Å². The lowest BCUT2D eigenvalue weighted by atomic mass is 9.90. The van der Waals surface area contributed by atoms with Crippen LogP contribution in [0.25, 0.3) is 0 Å². The van der Waals surface area contributed by atoms with E-state index in [0.29, 0.717) is 24.0 Å². The molecule has 3 saturated heterocycles. The highest BCUT2D eigenvalue weighted by Crippen LogP contribution is 2.28. The van der Waals surface area contributed by atoms with Crippen LogP contribution in [0.5, 0.6) is 0 Å². The quantitative estimate of drug-likeness (QED) is 0.723. The van der Waals surface area contributed by atoms with E-state index in [4.69, 9.17) is 4.74 Å². The summed E-state index contributed by atoms with van der Waals surface area (Å²) in [5, 5.41) is 7.09. The number of hydrogen-bond donors (Lipinski definition) is 2. The van der Waals surface area contributed by atoms with Crippen molar-refractivity contribution in [2.45, 2.75) is 57.3 Å². The number of nitrogens with one attached hydrogen (secondary N) is 2. The van der Waals surface area contributed by atoms with Gasteiger partial charge >= 0.3 is 5.97 Å². The van der Waals surface area contributed by atoms with Gasteiger partial charge in [0.25, 0.3) is 0 Å². The Morgan fingerprint density at radius 1 is 1.39 bits per heavy atom. The van der Waals surface area contributed by atoms with Gasteiger partial charge in [0.15, 0.2) is 0 Å². The van der Waals surface area contributed by atoms with Crippen molar-refractivity contribution in [3.05, 3.63) is 0 Å². The highest BCUT2D eigenvalue weighted by atomic mass is 16.5. The first-order valence-corrected chi connectivity index (χ1v) is 9.12. The number of piperidine rings is 2. The van der Waals surface area contributed by atoms with Crippen molar-refractivity contribution < 1.29 is 9.53 Å². The monoisotopic (exact) mass is 324 g/mol. The summed E-state index contributed by atoms with van der Waals surface area (Å²) in [5.74, 6) is 0.575. The molecule has 0 radical (unpaired) electrons. The van der Waals surface area contributed by atoms with Crippen LogP contribution in [-0.2, 0) is 9.53 Å². The Labute approximate surface area is 139 Å². The maximum absolute atomic E-state index is 12.3. The molecule has 3 heterocycles. The average Bonchev–Trinajstić information content (AvgIpc) is 2.97. The summed E-state index contributed by atoms with van der Waals surface area (Å²) in [6, 6.07) is 1.35. The van der Waals surface area contributed by atoms with Crippen molar-refractivity contribution in [3.8, 4) is 0 Å². The van der Waals surface area contributed by atoms with Gasteiger partial charge in [-0.15, -0.1) is 0 Å². The van der Waals surface area contributed by atoms with Crippen molar-refractivity contribution in [3.63, 3.8) is 0 Å². The van der Waals surface area contributed by atoms with Gasteiger partial charge in [-0.25, -0.2) is 0 Å². The van der Waals surface area contributed by atoms with Crippen LogP contribution in [0.4, 0.5) is 0 Å². The standard InChI is InChI=1S/C17H32N4O2/c1-12(2)21-11-19-14-7-15(17(22)23-3)20(10-16(14)21)9-13-5-4-6-18-8-13/h12-16,18-19H,4-11H2,1-3H3/t13?,14?,15-,16?/m0/s1. The maximum Gasteiger partial charge on any atom is 0.323 e. The molecular weight excluding hydrogens is 292 g/mol. The van der Waals surface area contributed by atoms with Gasteiger partial charge in [-0.3, -0.25) is 19.9 Å². The summed E-state index contributed by atoms with van der Waals surface area (Å²) < 4.78 is 5.09. The highest BCUT2D eigenvalue weighted by molar-refractivity contribution is 5.76. The van der Waals surface area contributed by atoms with E-state index in [1.54, 1.807) is 0 Å². The van der Waals surface area contributed by atoms with Crippen LogP contribution < -0.4 is 10.6 Å². The van der Waals surface area contributed by atoms with Crippen LogP contribution in [0.2, 0.25) is 0 Å². The number of hydrogen-bond acceptors (Lipinski definition) is 6. The highest BCUT2D eigenvalue weighted by Gasteiger charge is 2.45. The Kier molecular flexibility index (Phi) is 5.57. The van der Waals surface area contributed by atoms with E-state index in [0.717, 1.165) is 39.3 Å². The lowest BCUT2D eigenvalue weighted by Gasteiger charge is -2.44. The number of methoxy groups -OCH3 is 1. The largest absolute Gasteiger partial charge is 0.468 e. The molecule has 0 saturated carbocycles. The van der Waals surface area contributed by atoms with Crippen LogP contribution in [-0.4, -0.2) is 79.9 Å². The summed E-state index contributed by atoms with van der Waals surface area (Å²) in [6.07, 6.45) is 3.37. The van der Waals surface area contributed by atoms with Crippen LogP contribution in [0.1, 0.15) is 33.1 Å². The minimum absolute atomic E-state index is 0.0722. The molecule has 0 bridgehead atoms. The molecule has 3 aliphatic heterocycles. The normalized spacial score (nSPS) is 36.2. The molecule has 4 atom stereocenters. The lowest BCUT2D eigenvalue weighted by molar-refractivity contribution is -0.149. The van der Waals surface area contributed by atoms with Gasteiger partial charge in [0, 0.05) is 37.9 Å². The number of carbonyl (C=O) groups is 1. The first-order chi connectivity index (χ1) is 11.1. The number of fused-ring (bicyclic) bond motifs is 1. The molecule has 3 aliphatic rings. The first kappa shape index (κ1) is 17.1. The zero-order valence-corrected chi connectivity index (χ0v) is 14.8. The van der Waals surface area contributed by atoms with Crippen molar-refractivity contribution in [1.82, 2.24) is 20.4 Å². The SMILES string of the molecule is COC(=O)[C@@H]1CC2NCN(C(C)C)C2CN1CC1CCCNC1. The molecule has 3 rings (SSSR count). The Bertz CT molecular complexity index is 411. The number of ether oxygens (including phenoxy) is 1. The molecule has 2 N–H and O–H groups in total. The van der Waals surface area contributed by atoms with Crippen LogP contribution in [0.3, 0.4) is 0 Å². The molecule has 0 aliphatic carbocycles. The predicted octanol–water partition coefficient (Wildman–Crippen LogP) is 0.242. The topological polar surface area (TPSA) is 56.8 Å². The summed E-state index contributed by atoms with van der Waals surface area (Å²) in [6.45, 7) is 9.61. The molecule has 3 unspecified atom stereocenters. The number of esters is 1. The average molecular weight is 324 g/mol. The molecule has 0 aromatic carbocycles. The molecule has 0 spiro atoms. The van der Waals surface area contributed by atoms with Gasteiger partial charge in [0.2, 0.25) is 0 Å². The maximum atomic E-state index is 12.3. The lowest BCUT2D eigenvalue weighted by Crippen LogP contribution is -2.60. The first-order valence-electron chi connectivity index (χ1n) is 9.12. The van der Waals surface area contributed by atoms with Crippen molar-refractivity contribution in [1.29, 1.82) is 0 Å². The minimum atomic E-state index is -0.0946. The van der Waals surface area contributed by atoms with Crippen molar-refractivity contribution in [2.75, 3.05) is 40.0 Å². The van der Waals surface area contributed by atoms with Crippen molar-refractivity contribution >= 4 is 5.97 Å². The summed E-state index contributed by atoms with van der Waals surface area (Å²) >= 11 is 0. The fraction of sp³-hybridized carbons (Fsp3) is 0.941. The van der Waals surface area contributed by atoms with Gasteiger partial charge in [0.1, 0.15) is 6.04 Å². The second-order valence-electron chi connectivity index (χ2n) is 7.58. The molecule has 23 heavy (non-hydrogen) atoms. The Morgan fingerprint density at radius 3 is 2.87 bits per heavy atom. The fourth-order valence-electron chi connectivity index (χ4n) is 4.50.